The van der Waals surface area contributed by atoms with Crippen molar-refractivity contribution in [2.45, 2.75) is 38.6 Å². The fourth-order valence-electron chi connectivity index (χ4n) is 3.91. The highest BCUT2D eigenvalue weighted by atomic mass is 16.6. The molecule has 20 heavy (non-hydrogen) atoms. The van der Waals surface area contributed by atoms with Crippen molar-refractivity contribution in [2.75, 3.05) is 11.1 Å². The Morgan fingerprint density at radius 2 is 2.25 bits per heavy atom. The molecule has 0 unspecified atom stereocenters. The third kappa shape index (κ3) is 2.17. The van der Waals surface area contributed by atoms with Gasteiger partial charge in [-0.05, 0) is 43.9 Å². The zero-order valence-corrected chi connectivity index (χ0v) is 11.5. The largest absolute Gasteiger partial charge is 0.378 e. The molecule has 2 aliphatic carbocycles. The zero-order chi connectivity index (χ0) is 14.3. The molecule has 2 bridgehead atoms. The average Bonchev–Trinajstić information content (AvgIpc) is 3.00. The van der Waals surface area contributed by atoms with Gasteiger partial charge in [0.25, 0.3) is 0 Å². The van der Waals surface area contributed by atoms with Crippen LogP contribution in [0.3, 0.4) is 0 Å². The molecule has 2 fully saturated rings. The van der Waals surface area contributed by atoms with Gasteiger partial charge in [-0.2, -0.15) is 0 Å². The Morgan fingerprint density at radius 3 is 2.85 bits per heavy atom. The number of nitrogens with zero attached hydrogens (tertiary/aromatic N) is 3. The topological polar surface area (TPSA) is 107 Å². The molecule has 3 N–H and O–H groups in total. The summed E-state index contributed by atoms with van der Waals surface area (Å²) in [5, 5.41) is 14.3. The molecule has 0 radical (unpaired) electrons. The van der Waals surface area contributed by atoms with Gasteiger partial charge in [0, 0.05) is 6.04 Å². The summed E-state index contributed by atoms with van der Waals surface area (Å²) in [5.41, 5.74) is 5.36. The molecule has 7 heteroatoms. The second kappa shape index (κ2) is 4.88. The van der Waals surface area contributed by atoms with E-state index in [0.717, 1.165) is 11.8 Å². The number of nitrogens with one attached hydrogen (secondary N) is 1. The van der Waals surface area contributed by atoms with E-state index in [4.69, 9.17) is 5.73 Å². The van der Waals surface area contributed by atoms with Crippen molar-refractivity contribution < 1.29 is 4.92 Å². The molecular formula is C13H19N5O2. The van der Waals surface area contributed by atoms with E-state index < -0.39 is 4.92 Å². The van der Waals surface area contributed by atoms with Crippen molar-refractivity contribution in [3.05, 3.63) is 16.4 Å². The molecular weight excluding hydrogens is 258 g/mol. The van der Waals surface area contributed by atoms with Gasteiger partial charge >= 0.3 is 5.69 Å². The van der Waals surface area contributed by atoms with Crippen LogP contribution in [0.25, 0.3) is 0 Å². The first-order valence-electron chi connectivity index (χ1n) is 7.07. The summed E-state index contributed by atoms with van der Waals surface area (Å²) in [7, 11) is 0. The van der Waals surface area contributed by atoms with Gasteiger partial charge in [0.05, 0.1) is 4.92 Å². The molecule has 0 amide bonds. The Hall–Kier alpha value is -1.92. The number of hydrogen-bond donors (Lipinski definition) is 2. The van der Waals surface area contributed by atoms with E-state index in [2.05, 4.69) is 22.2 Å². The van der Waals surface area contributed by atoms with Crippen LogP contribution in [0.2, 0.25) is 0 Å². The molecule has 4 atom stereocenters. The minimum absolute atomic E-state index is 0.0901. The lowest BCUT2D eigenvalue weighted by atomic mass is 9.84. The van der Waals surface area contributed by atoms with Crippen LogP contribution in [-0.4, -0.2) is 20.9 Å². The quantitative estimate of drug-likeness (QED) is 0.645. The lowest BCUT2D eigenvalue weighted by molar-refractivity contribution is -0.383. The first-order valence-corrected chi connectivity index (χ1v) is 7.07. The van der Waals surface area contributed by atoms with Gasteiger partial charge < -0.3 is 11.1 Å². The minimum atomic E-state index is -0.523. The van der Waals surface area contributed by atoms with Crippen molar-refractivity contribution in [3.63, 3.8) is 0 Å². The lowest BCUT2D eigenvalue weighted by Crippen LogP contribution is -2.30. The maximum atomic E-state index is 11.1. The van der Waals surface area contributed by atoms with E-state index in [1.165, 1.54) is 32.0 Å². The second-order valence-electron chi connectivity index (χ2n) is 5.98. The van der Waals surface area contributed by atoms with Crippen molar-refractivity contribution in [1.29, 1.82) is 0 Å². The number of nitro groups is 1. The fourth-order valence-corrected chi connectivity index (χ4v) is 3.91. The van der Waals surface area contributed by atoms with Crippen LogP contribution in [-0.2, 0) is 0 Å². The van der Waals surface area contributed by atoms with E-state index >= 15 is 0 Å². The summed E-state index contributed by atoms with van der Waals surface area (Å²) >= 11 is 0. The van der Waals surface area contributed by atoms with Gasteiger partial charge in [-0.15, -0.1) is 0 Å². The van der Waals surface area contributed by atoms with E-state index in [1.807, 2.05) is 0 Å². The molecule has 1 aromatic rings. The number of anilines is 2. The molecule has 3 rings (SSSR count). The van der Waals surface area contributed by atoms with Crippen LogP contribution in [0, 0.1) is 27.9 Å². The Bertz CT molecular complexity index is 535. The summed E-state index contributed by atoms with van der Waals surface area (Å²) < 4.78 is 0. The molecule has 7 nitrogen and oxygen atoms in total. The highest BCUT2D eigenvalue weighted by Crippen LogP contribution is 2.50. The predicted octanol–water partition coefficient (Wildman–Crippen LogP) is 2.20. The molecule has 1 aromatic heterocycles. The summed E-state index contributed by atoms with van der Waals surface area (Å²) in [6, 6.07) is 0.165. The van der Waals surface area contributed by atoms with Gasteiger partial charge in [0.1, 0.15) is 6.33 Å². The van der Waals surface area contributed by atoms with Crippen molar-refractivity contribution in [2.24, 2.45) is 17.8 Å². The predicted molar refractivity (Wildman–Crippen MR) is 75.1 cm³/mol. The summed E-state index contributed by atoms with van der Waals surface area (Å²) in [5.74, 6) is 2.32. The standard InChI is InChI=1S/C13H19N5O2/c1-7(10-5-8-2-3-9(10)4-8)17-13-11(18(19)20)12(14)15-6-16-13/h6-10H,2-5H2,1H3,(H3,14,15,16,17)/t7-,8-,9-,10+/m0/s1. The van der Waals surface area contributed by atoms with Gasteiger partial charge in [0.15, 0.2) is 0 Å². The van der Waals surface area contributed by atoms with E-state index in [0.29, 0.717) is 5.92 Å². The number of nitrogen functional groups attached to an aromatic ring is 1. The van der Waals surface area contributed by atoms with Crippen molar-refractivity contribution >= 4 is 17.3 Å². The second-order valence-corrected chi connectivity index (χ2v) is 5.98. The zero-order valence-electron chi connectivity index (χ0n) is 11.5. The van der Waals surface area contributed by atoms with Crippen LogP contribution < -0.4 is 11.1 Å². The van der Waals surface area contributed by atoms with E-state index in [-0.39, 0.29) is 23.4 Å². The number of rotatable bonds is 4. The number of nitrogens with two attached hydrogens (primary N) is 1. The van der Waals surface area contributed by atoms with Crippen LogP contribution in [0.5, 0.6) is 0 Å². The molecule has 1 heterocycles. The SMILES string of the molecule is C[C@H](Nc1ncnc(N)c1[N+](=O)[O-])[C@H]1C[C@H]2CC[C@H]1C2. The third-order valence-electron chi connectivity index (χ3n) is 4.83. The van der Waals surface area contributed by atoms with Crippen LogP contribution in [0.4, 0.5) is 17.3 Å². The molecule has 108 valence electrons. The van der Waals surface area contributed by atoms with Crippen LogP contribution in [0.1, 0.15) is 32.6 Å². The Kier molecular flexibility index (Phi) is 3.19. The highest BCUT2D eigenvalue weighted by molar-refractivity contribution is 5.67. The summed E-state index contributed by atoms with van der Waals surface area (Å²) in [6.45, 7) is 2.08. The van der Waals surface area contributed by atoms with Crippen LogP contribution >= 0.6 is 0 Å². The Morgan fingerprint density at radius 1 is 1.45 bits per heavy atom. The van der Waals surface area contributed by atoms with Gasteiger partial charge in [-0.1, -0.05) is 6.42 Å². The smallest absolute Gasteiger partial charge is 0.352 e. The van der Waals surface area contributed by atoms with E-state index in [1.54, 1.807) is 0 Å². The van der Waals surface area contributed by atoms with Crippen molar-refractivity contribution in [1.82, 2.24) is 9.97 Å². The third-order valence-corrected chi connectivity index (χ3v) is 4.83. The van der Waals surface area contributed by atoms with Gasteiger partial charge in [-0.3, -0.25) is 10.1 Å². The number of hydrogen-bond acceptors (Lipinski definition) is 6. The van der Waals surface area contributed by atoms with Gasteiger partial charge in [-0.25, -0.2) is 9.97 Å². The Labute approximate surface area is 117 Å². The molecule has 0 saturated heterocycles. The first kappa shape index (κ1) is 13.1. The minimum Gasteiger partial charge on any atom is -0.378 e. The van der Waals surface area contributed by atoms with Gasteiger partial charge in [0.2, 0.25) is 11.6 Å². The summed E-state index contributed by atoms with van der Waals surface area (Å²) in [6.07, 6.45) is 6.42. The maximum Gasteiger partial charge on any atom is 0.352 e. The number of fused-ring (bicyclic) bond motifs is 2. The highest BCUT2D eigenvalue weighted by Gasteiger charge is 2.42. The normalized spacial score (nSPS) is 29.4. The monoisotopic (exact) mass is 277 g/mol. The molecule has 0 aromatic carbocycles. The lowest BCUT2D eigenvalue weighted by Gasteiger charge is -2.28. The first-order chi connectivity index (χ1) is 9.56. The van der Waals surface area contributed by atoms with E-state index in [9.17, 15) is 10.1 Å². The molecule has 2 saturated carbocycles. The van der Waals surface area contributed by atoms with Crippen molar-refractivity contribution in [3.8, 4) is 0 Å². The Balaban J connectivity index is 1.78. The number of aromatic nitrogens is 2. The average molecular weight is 277 g/mol. The van der Waals surface area contributed by atoms with Crippen LogP contribution in [0.15, 0.2) is 6.33 Å². The maximum absolute atomic E-state index is 11.1. The fraction of sp³-hybridized carbons (Fsp3) is 0.692. The summed E-state index contributed by atoms with van der Waals surface area (Å²) in [4.78, 5) is 18.2. The molecule has 2 aliphatic rings. The molecule has 0 spiro atoms. The molecule has 0 aliphatic heterocycles.